The number of carbonyl (C=O) groups excluding carboxylic acids is 1. The maximum Gasteiger partial charge on any atom is 0.272 e. The molecule has 0 saturated carbocycles. The molecule has 6 nitrogen and oxygen atoms in total. The molecule has 2 heterocycles. The highest BCUT2D eigenvalue weighted by Gasteiger charge is 2.20. The molecule has 108 valence electrons. The first kappa shape index (κ1) is 14.3. The normalized spacial score (nSPS) is 13.9. The minimum Gasteiger partial charge on any atom is -0.463 e. The largest absolute Gasteiger partial charge is 0.463 e. The summed E-state index contributed by atoms with van der Waals surface area (Å²) in [6, 6.07) is 4.90. The van der Waals surface area contributed by atoms with Gasteiger partial charge in [-0.1, -0.05) is 20.3 Å². The molecule has 1 amide bonds. The number of hydrogen-bond acceptors (Lipinski definition) is 4. The number of aromatic amines is 1. The lowest BCUT2D eigenvalue weighted by Crippen LogP contribution is -2.42. The molecule has 20 heavy (non-hydrogen) atoms. The molecule has 0 bridgehead atoms. The molecule has 0 aliphatic rings. The Bertz CT molecular complexity index is 548. The lowest BCUT2D eigenvalue weighted by atomic mass is 10.00. The summed E-state index contributed by atoms with van der Waals surface area (Å²) < 4.78 is 5.23. The number of hydrogen-bond donors (Lipinski definition) is 3. The van der Waals surface area contributed by atoms with Gasteiger partial charge in [-0.15, -0.1) is 0 Å². The van der Waals surface area contributed by atoms with Gasteiger partial charge in [0.2, 0.25) is 0 Å². The van der Waals surface area contributed by atoms with Crippen molar-refractivity contribution in [1.29, 1.82) is 0 Å². The monoisotopic (exact) mass is 277 g/mol. The van der Waals surface area contributed by atoms with Crippen molar-refractivity contribution in [2.45, 2.75) is 26.3 Å². The summed E-state index contributed by atoms with van der Waals surface area (Å²) in [5.41, 5.74) is 0.919. The van der Waals surface area contributed by atoms with Crippen LogP contribution in [0.3, 0.4) is 0 Å². The Morgan fingerprint density at radius 1 is 1.60 bits per heavy atom. The first-order valence-electron chi connectivity index (χ1n) is 6.66. The third kappa shape index (κ3) is 3.08. The zero-order valence-corrected chi connectivity index (χ0v) is 11.6. The Hall–Kier alpha value is -2.08. The van der Waals surface area contributed by atoms with Crippen molar-refractivity contribution in [1.82, 2.24) is 15.5 Å². The first-order valence-corrected chi connectivity index (χ1v) is 6.66. The van der Waals surface area contributed by atoms with Gasteiger partial charge >= 0.3 is 0 Å². The maximum atomic E-state index is 12.1. The van der Waals surface area contributed by atoms with E-state index in [1.54, 1.807) is 24.5 Å². The van der Waals surface area contributed by atoms with Gasteiger partial charge in [-0.3, -0.25) is 9.89 Å². The summed E-state index contributed by atoms with van der Waals surface area (Å²) in [7, 11) is 0. The standard InChI is InChI=1S/C14H19N3O3/c1-3-9(2)12(8-18)15-14(19)11-7-10(16-17-11)13-5-4-6-20-13/h4-7,9,12,18H,3,8H2,1-2H3,(H,15,19)(H,16,17)/t9-,12-/m1/s1. The first-order chi connectivity index (χ1) is 9.65. The summed E-state index contributed by atoms with van der Waals surface area (Å²) in [4.78, 5) is 12.1. The van der Waals surface area contributed by atoms with Gasteiger partial charge < -0.3 is 14.8 Å². The zero-order chi connectivity index (χ0) is 14.5. The molecular formula is C14H19N3O3. The number of rotatable bonds is 6. The van der Waals surface area contributed by atoms with Crippen LogP contribution in [0.25, 0.3) is 11.5 Å². The number of aliphatic hydroxyl groups is 1. The summed E-state index contributed by atoms with van der Waals surface area (Å²) >= 11 is 0. The molecule has 2 rings (SSSR count). The molecule has 0 radical (unpaired) electrons. The van der Waals surface area contributed by atoms with Crippen LogP contribution < -0.4 is 5.32 Å². The molecular weight excluding hydrogens is 258 g/mol. The highest BCUT2D eigenvalue weighted by molar-refractivity contribution is 5.93. The summed E-state index contributed by atoms with van der Waals surface area (Å²) in [5, 5.41) is 18.8. The van der Waals surface area contributed by atoms with E-state index in [-0.39, 0.29) is 30.2 Å². The van der Waals surface area contributed by atoms with Crippen molar-refractivity contribution in [3.05, 3.63) is 30.2 Å². The van der Waals surface area contributed by atoms with Crippen molar-refractivity contribution >= 4 is 5.91 Å². The molecule has 0 aliphatic heterocycles. The number of carbonyl (C=O) groups is 1. The fourth-order valence-electron chi connectivity index (χ4n) is 1.89. The second-order valence-electron chi connectivity index (χ2n) is 4.79. The molecule has 6 heteroatoms. The Balaban J connectivity index is 2.06. The molecule has 0 fully saturated rings. The fourth-order valence-corrected chi connectivity index (χ4v) is 1.89. The summed E-state index contributed by atoms with van der Waals surface area (Å²) in [5.74, 6) is 0.517. The summed E-state index contributed by atoms with van der Waals surface area (Å²) in [6.45, 7) is 3.92. The second-order valence-corrected chi connectivity index (χ2v) is 4.79. The van der Waals surface area contributed by atoms with Crippen molar-refractivity contribution in [2.75, 3.05) is 6.61 Å². The van der Waals surface area contributed by atoms with Crippen LogP contribution in [0.4, 0.5) is 0 Å². The summed E-state index contributed by atoms with van der Waals surface area (Å²) in [6.07, 6.45) is 2.43. The average molecular weight is 277 g/mol. The van der Waals surface area contributed by atoms with Gasteiger partial charge in [-0.25, -0.2) is 0 Å². The van der Waals surface area contributed by atoms with E-state index in [9.17, 15) is 9.90 Å². The van der Waals surface area contributed by atoms with Crippen LogP contribution in [0.5, 0.6) is 0 Å². The Labute approximate surface area is 117 Å². The van der Waals surface area contributed by atoms with Crippen LogP contribution in [0, 0.1) is 5.92 Å². The fraction of sp³-hybridized carbons (Fsp3) is 0.429. The van der Waals surface area contributed by atoms with Crippen LogP contribution in [0.15, 0.2) is 28.9 Å². The SMILES string of the molecule is CC[C@@H](C)[C@@H](CO)NC(=O)c1cc(-c2ccco2)[nH]n1. The van der Waals surface area contributed by atoms with Gasteiger partial charge in [0.15, 0.2) is 11.5 Å². The van der Waals surface area contributed by atoms with E-state index in [0.29, 0.717) is 11.5 Å². The van der Waals surface area contributed by atoms with E-state index in [2.05, 4.69) is 15.5 Å². The molecule has 0 aromatic carbocycles. The van der Waals surface area contributed by atoms with Crippen LogP contribution in [-0.2, 0) is 0 Å². The van der Waals surface area contributed by atoms with Crippen LogP contribution in [0.1, 0.15) is 30.8 Å². The van der Waals surface area contributed by atoms with Crippen molar-refractivity contribution in [3.8, 4) is 11.5 Å². The third-order valence-electron chi connectivity index (χ3n) is 3.44. The lowest BCUT2D eigenvalue weighted by Gasteiger charge is -2.21. The van der Waals surface area contributed by atoms with E-state index in [0.717, 1.165) is 6.42 Å². The third-order valence-corrected chi connectivity index (χ3v) is 3.44. The van der Waals surface area contributed by atoms with E-state index < -0.39 is 0 Å². The molecule has 0 spiro atoms. The quantitative estimate of drug-likeness (QED) is 0.751. The van der Waals surface area contributed by atoms with Gasteiger partial charge in [0.25, 0.3) is 5.91 Å². The highest BCUT2D eigenvalue weighted by atomic mass is 16.3. The van der Waals surface area contributed by atoms with E-state index in [1.165, 1.54) is 0 Å². The van der Waals surface area contributed by atoms with Gasteiger partial charge in [-0.05, 0) is 18.1 Å². The van der Waals surface area contributed by atoms with Crippen molar-refractivity contribution in [3.63, 3.8) is 0 Å². The number of aliphatic hydroxyl groups excluding tert-OH is 1. The number of amides is 1. The average Bonchev–Trinajstić information content (AvgIpc) is 3.13. The maximum absolute atomic E-state index is 12.1. The number of nitrogens with zero attached hydrogens (tertiary/aromatic N) is 1. The Morgan fingerprint density at radius 2 is 2.40 bits per heavy atom. The number of furan rings is 1. The van der Waals surface area contributed by atoms with Crippen molar-refractivity contribution < 1.29 is 14.3 Å². The van der Waals surface area contributed by atoms with Gasteiger partial charge in [-0.2, -0.15) is 5.10 Å². The minimum absolute atomic E-state index is 0.0871. The molecule has 2 aromatic heterocycles. The highest BCUT2D eigenvalue weighted by Crippen LogP contribution is 2.18. The van der Waals surface area contributed by atoms with E-state index in [4.69, 9.17) is 4.42 Å². The Kier molecular flexibility index (Phi) is 4.57. The van der Waals surface area contributed by atoms with Gasteiger partial charge in [0.05, 0.1) is 18.9 Å². The molecule has 2 atom stereocenters. The van der Waals surface area contributed by atoms with Crippen LogP contribution in [0.2, 0.25) is 0 Å². The molecule has 0 unspecified atom stereocenters. The zero-order valence-electron chi connectivity index (χ0n) is 11.6. The Morgan fingerprint density at radius 3 is 3.00 bits per heavy atom. The number of H-pyrrole nitrogens is 1. The van der Waals surface area contributed by atoms with Crippen LogP contribution in [-0.4, -0.2) is 33.9 Å². The predicted molar refractivity (Wildman–Crippen MR) is 74.1 cm³/mol. The van der Waals surface area contributed by atoms with Gasteiger partial charge in [0.1, 0.15) is 5.69 Å². The van der Waals surface area contributed by atoms with Crippen LogP contribution >= 0.6 is 0 Å². The van der Waals surface area contributed by atoms with Gasteiger partial charge in [0, 0.05) is 6.07 Å². The number of aromatic nitrogens is 2. The molecule has 2 aromatic rings. The van der Waals surface area contributed by atoms with E-state index >= 15 is 0 Å². The molecule has 0 saturated heterocycles. The lowest BCUT2D eigenvalue weighted by molar-refractivity contribution is 0.0886. The van der Waals surface area contributed by atoms with E-state index in [1.807, 2.05) is 13.8 Å². The number of nitrogens with one attached hydrogen (secondary N) is 2. The topological polar surface area (TPSA) is 91.1 Å². The van der Waals surface area contributed by atoms with Crippen molar-refractivity contribution in [2.24, 2.45) is 5.92 Å². The smallest absolute Gasteiger partial charge is 0.272 e. The second kappa shape index (κ2) is 6.38. The predicted octanol–water partition coefficient (Wildman–Crippen LogP) is 1.81. The molecule has 0 aliphatic carbocycles. The molecule has 3 N–H and O–H groups in total. The minimum atomic E-state index is -0.307.